The van der Waals surface area contributed by atoms with E-state index in [1.54, 1.807) is 0 Å². The van der Waals surface area contributed by atoms with E-state index in [0.717, 1.165) is 89.9 Å². The third-order valence-electron chi connectivity index (χ3n) is 7.75. The highest BCUT2D eigenvalue weighted by molar-refractivity contribution is 7.46. The van der Waals surface area contributed by atoms with Crippen LogP contribution in [0.4, 0.5) is 0 Å². The summed E-state index contributed by atoms with van der Waals surface area (Å²) in [7, 11) is -4.78. The molecule has 1 atom stereocenters. The number of hydrogen-bond acceptors (Lipinski definition) is 7. The molecule has 0 saturated heterocycles. The smallest absolute Gasteiger partial charge is 0.462 e. The van der Waals surface area contributed by atoms with Crippen LogP contribution in [-0.4, -0.2) is 52.8 Å². The third-order valence-corrected chi connectivity index (χ3v) is 8.24. The minimum atomic E-state index is -4.78. The molecular formula is C41H69O9P. The van der Waals surface area contributed by atoms with Crippen LogP contribution in [0, 0.1) is 0 Å². The van der Waals surface area contributed by atoms with E-state index < -0.39 is 32.5 Å². The summed E-state index contributed by atoms with van der Waals surface area (Å²) >= 11 is 0. The number of aliphatic hydroxyl groups excluding tert-OH is 1. The Kier molecular flexibility index (Phi) is 35.4. The van der Waals surface area contributed by atoms with Gasteiger partial charge in [0, 0.05) is 19.4 Å². The van der Waals surface area contributed by atoms with Crippen LogP contribution >= 0.6 is 7.82 Å². The Labute approximate surface area is 309 Å². The summed E-state index contributed by atoms with van der Waals surface area (Å²) < 4.78 is 26.2. The van der Waals surface area contributed by atoms with Crippen LogP contribution in [0.15, 0.2) is 72.9 Å². The second kappa shape index (κ2) is 37.2. The van der Waals surface area contributed by atoms with Crippen molar-refractivity contribution in [1.29, 1.82) is 0 Å². The van der Waals surface area contributed by atoms with Crippen molar-refractivity contribution >= 4 is 19.8 Å². The largest absolute Gasteiger partial charge is 0.469 e. The molecule has 0 bridgehead atoms. The van der Waals surface area contributed by atoms with E-state index in [1.165, 1.54) is 19.3 Å². The number of carbonyl (C=O) groups excluding carboxylic acids is 2. The zero-order valence-corrected chi connectivity index (χ0v) is 32.3. The lowest BCUT2D eigenvalue weighted by Gasteiger charge is -2.18. The molecule has 51 heavy (non-hydrogen) atoms. The predicted octanol–water partition coefficient (Wildman–Crippen LogP) is 10.5. The third kappa shape index (κ3) is 40.1. The molecule has 0 aromatic carbocycles. The maximum atomic E-state index is 12.4. The summed E-state index contributed by atoms with van der Waals surface area (Å²) in [5, 5.41) is 8.77. The van der Waals surface area contributed by atoms with Gasteiger partial charge in [-0.1, -0.05) is 118 Å². The molecule has 0 spiro atoms. The Morgan fingerprint density at radius 1 is 0.549 bits per heavy atom. The normalized spacial score (nSPS) is 13.3. The standard InChI is InChI=1S/C41H69O9P/c1-2-3-4-5-6-7-8-9-13-17-20-23-26-29-32-35-41(44)50-39(38-49-51(45,46)47)37-48-40(43)34-31-28-25-22-19-16-14-11-10-12-15-18-21-24-27-30-33-36-42/h6-7,9-10,12-14,16,18,21-22,25,39,42H,2-5,8,11,15,17,19-20,23-24,26-38H2,1H3,(H2,45,46,47)/b7-6-,12-10-,13-9-,16-14-,21-18-,25-22-/t39-/m1/s1. The maximum Gasteiger partial charge on any atom is 0.469 e. The van der Waals surface area contributed by atoms with Crippen LogP contribution in [0.25, 0.3) is 0 Å². The van der Waals surface area contributed by atoms with Gasteiger partial charge in [0.1, 0.15) is 6.61 Å². The van der Waals surface area contributed by atoms with Crippen LogP contribution in [-0.2, 0) is 28.2 Å². The summed E-state index contributed by atoms with van der Waals surface area (Å²) in [6, 6.07) is 0. The number of hydrogen-bond donors (Lipinski definition) is 3. The van der Waals surface area contributed by atoms with Gasteiger partial charge in [-0.15, -0.1) is 0 Å². The first-order valence-electron chi connectivity index (χ1n) is 19.3. The molecule has 0 radical (unpaired) electrons. The minimum Gasteiger partial charge on any atom is -0.462 e. The van der Waals surface area contributed by atoms with Crippen molar-refractivity contribution in [2.45, 2.75) is 154 Å². The fourth-order valence-electron chi connectivity index (χ4n) is 4.84. The SMILES string of the molecule is CCCCC/C=C\C/C=C\CCCCCCCC(=O)O[C@H](COC(=O)CCC/C=C\C/C=C\C/C=C\C/C=C\CCCCCO)COP(=O)(O)O. The number of allylic oxidation sites excluding steroid dienone is 12. The molecule has 0 aliphatic carbocycles. The lowest BCUT2D eigenvalue weighted by Crippen LogP contribution is -2.29. The monoisotopic (exact) mass is 736 g/mol. The first-order valence-corrected chi connectivity index (χ1v) is 20.9. The van der Waals surface area contributed by atoms with Gasteiger partial charge >= 0.3 is 19.8 Å². The molecular weight excluding hydrogens is 667 g/mol. The van der Waals surface area contributed by atoms with E-state index in [9.17, 15) is 14.2 Å². The van der Waals surface area contributed by atoms with Gasteiger partial charge < -0.3 is 24.4 Å². The molecule has 0 saturated carbocycles. The molecule has 0 aromatic rings. The van der Waals surface area contributed by atoms with E-state index in [0.29, 0.717) is 19.3 Å². The van der Waals surface area contributed by atoms with Crippen molar-refractivity contribution in [2.24, 2.45) is 0 Å². The molecule has 0 fully saturated rings. The van der Waals surface area contributed by atoms with Crippen molar-refractivity contribution in [3.05, 3.63) is 72.9 Å². The van der Waals surface area contributed by atoms with Gasteiger partial charge in [0.05, 0.1) is 6.61 Å². The molecule has 0 rings (SSSR count). The number of unbranched alkanes of at least 4 members (excludes halogenated alkanes) is 12. The first kappa shape index (κ1) is 48.5. The van der Waals surface area contributed by atoms with Gasteiger partial charge in [0.25, 0.3) is 0 Å². The molecule has 0 aromatic heterocycles. The van der Waals surface area contributed by atoms with Crippen molar-refractivity contribution in [3.63, 3.8) is 0 Å². The average molecular weight is 737 g/mol. The lowest BCUT2D eigenvalue weighted by atomic mass is 10.1. The molecule has 0 amide bonds. The lowest BCUT2D eigenvalue weighted by molar-refractivity contribution is -0.161. The number of aliphatic hydroxyl groups is 1. The molecule has 0 aliphatic heterocycles. The molecule has 10 heteroatoms. The molecule has 0 aliphatic rings. The number of rotatable bonds is 35. The first-order chi connectivity index (χ1) is 24.8. The topological polar surface area (TPSA) is 140 Å². The highest BCUT2D eigenvalue weighted by Crippen LogP contribution is 2.36. The van der Waals surface area contributed by atoms with Gasteiger partial charge in [0.2, 0.25) is 0 Å². The van der Waals surface area contributed by atoms with E-state index in [1.807, 2.05) is 12.2 Å². The average Bonchev–Trinajstić information content (AvgIpc) is 3.10. The zero-order chi connectivity index (χ0) is 37.5. The summed E-state index contributed by atoms with van der Waals surface area (Å²) in [5.41, 5.74) is 0. The summed E-state index contributed by atoms with van der Waals surface area (Å²) in [5.74, 6) is -0.988. The number of esters is 2. The molecule has 0 heterocycles. The van der Waals surface area contributed by atoms with E-state index in [-0.39, 0.29) is 26.1 Å². The zero-order valence-electron chi connectivity index (χ0n) is 31.4. The quantitative estimate of drug-likeness (QED) is 0.0251. The minimum absolute atomic E-state index is 0.175. The van der Waals surface area contributed by atoms with Crippen molar-refractivity contribution in [3.8, 4) is 0 Å². The summed E-state index contributed by atoms with van der Waals surface area (Å²) in [4.78, 5) is 42.7. The predicted molar refractivity (Wildman–Crippen MR) is 208 cm³/mol. The fourth-order valence-corrected chi connectivity index (χ4v) is 5.20. The number of phosphoric acid groups is 1. The van der Waals surface area contributed by atoms with Crippen molar-refractivity contribution in [1.82, 2.24) is 0 Å². The van der Waals surface area contributed by atoms with Crippen LogP contribution < -0.4 is 0 Å². The van der Waals surface area contributed by atoms with Gasteiger partial charge in [0.15, 0.2) is 6.10 Å². The fraction of sp³-hybridized carbons (Fsp3) is 0.659. The molecule has 3 N–H and O–H groups in total. The second-order valence-electron chi connectivity index (χ2n) is 12.6. The Morgan fingerprint density at radius 2 is 0.980 bits per heavy atom. The second-order valence-corrected chi connectivity index (χ2v) is 13.9. The molecule has 9 nitrogen and oxygen atoms in total. The van der Waals surface area contributed by atoms with Gasteiger partial charge in [-0.05, 0) is 89.9 Å². The summed E-state index contributed by atoms with van der Waals surface area (Å²) in [6.07, 6.45) is 44.9. The van der Waals surface area contributed by atoms with Crippen molar-refractivity contribution in [2.75, 3.05) is 19.8 Å². The van der Waals surface area contributed by atoms with Crippen molar-refractivity contribution < 1.29 is 43.0 Å². The van der Waals surface area contributed by atoms with Crippen LogP contribution in [0.5, 0.6) is 0 Å². The van der Waals surface area contributed by atoms with Crippen LogP contribution in [0.2, 0.25) is 0 Å². The highest BCUT2D eigenvalue weighted by atomic mass is 31.2. The van der Waals surface area contributed by atoms with Crippen LogP contribution in [0.1, 0.15) is 148 Å². The Balaban J connectivity index is 4.09. The highest BCUT2D eigenvalue weighted by Gasteiger charge is 2.22. The van der Waals surface area contributed by atoms with E-state index >= 15 is 0 Å². The maximum absolute atomic E-state index is 12.4. The Morgan fingerprint density at radius 3 is 1.49 bits per heavy atom. The summed E-state index contributed by atoms with van der Waals surface area (Å²) in [6.45, 7) is 1.59. The number of ether oxygens (including phenoxy) is 2. The number of phosphoric ester groups is 1. The molecule has 292 valence electrons. The van der Waals surface area contributed by atoms with Gasteiger partial charge in [-0.2, -0.15) is 0 Å². The Hall–Kier alpha value is -2.55. The molecule has 0 unspecified atom stereocenters. The van der Waals surface area contributed by atoms with Gasteiger partial charge in [-0.3, -0.25) is 14.1 Å². The van der Waals surface area contributed by atoms with Crippen LogP contribution in [0.3, 0.4) is 0 Å². The Bertz CT molecular complexity index is 1060. The van der Waals surface area contributed by atoms with Gasteiger partial charge in [-0.25, -0.2) is 4.57 Å². The van der Waals surface area contributed by atoms with E-state index in [2.05, 4.69) is 72.2 Å². The number of carbonyl (C=O) groups is 2. The van der Waals surface area contributed by atoms with E-state index in [4.69, 9.17) is 24.4 Å².